The quantitative estimate of drug-likeness (QED) is 0.817. The Kier molecular flexibility index (Phi) is 3.76. The van der Waals surface area contributed by atoms with Crippen LogP contribution in [0.2, 0.25) is 0 Å². The lowest BCUT2D eigenvalue weighted by Gasteiger charge is -2.08. The molecule has 21 heavy (non-hydrogen) atoms. The van der Waals surface area contributed by atoms with Crippen molar-refractivity contribution in [2.45, 2.75) is 6.92 Å². The number of pyridine rings is 1. The summed E-state index contributed by atoms with van der Waals surface area (Å²) in [4.78, 5) is 25.9. The van der Waals surface area contributed by atoms with Gasteiger partial charge in [-0.05, 0) is 30.7 Å². The zero-order valence-electron chi connectivity index (χ0n) is 11.4. The van der Waals surface area contributed by atoms with Gasteiger partial charge < -0.3 is 14.8 Å². The van der Waals surface area contributed by atoms with Crippen LogP contribution in [0.5, 0.6) is 5.75 Å². The van der Waals surface area contributed by atoms with Gasteiger partial charge in [-0.15, -0.1) is 0 Å². The smallest absolute Gasteiger partial charge is 0.341 e. The van der Waals surface area contributed by atoms with E-state index in [-0.39, 0.29) is 16.9 Å². The number of nitrogens with zero attached hydrogens (tertiary/aromatic N) is 1. The standard InChI is InChI=1S/C15H12N2O4/c1-8-5-10(12(7-16)14(19)17-8)9-3-4-13(18)11(6-9)15(20)21-2/h3-6,18H,1-2H3,(H,17,19). The van der Waals surface area contributed by atoms with E-state index in [0.717, 1.165) is 0 Å². The third kappa shape index (κ3) is 2.62. The van der Waals surface area contributed by atoms with Crippen LogP contribution in [0.1, 0.15) is 21.6 Å². The molecular formula is C15H12N2O4. The predicted octanol–water partition coefficient (Wildman–Crippen LogP) is 1.71. The molecule has 0 saturated heterocycles. The van der Waals surface area contributed by atoms with E-state index in [4.69, 9.17) is 5.26 Å². The van der Waals surface area contributed by atoms with Gasteiger partial charge in [0.1, 0.15) is 22.9 Å². The minimum Gasteiger partial charge on any atom is -0.507 e. The van der Waals surface area contributed by atoms with Crippen LogP contribution in [0.4, 0.5) is 0 Å². The zero-order valence-corrected chi connectivity index (χ0v) is 11.4. The Bertz CT molecular complexity index is 815. The van der Waals surface area contributed by atoms with E-state index in [0.29, 0.717) is 16.8 Å². The van der Waals surface area contributed by atoms with Crippen molar-refractivity contribution >= 4 is 5.97 Å². The summed E-state index contributed by atoms with van der Waals surface area (Å²) >= 11 is 0. The van der Waals surface area contributed by atoms with E-state index in [1.165, 1.54) is 25.3 Å². The number of aromatic hydroxyl groups is 1. The Morgan fingerprint density at radius 1 is 1.38 bits per heavy atom. The maximum Gasteiger partial charge on any atom is 0.341 e. The number of rotatable bonds is 2. The topological polar surface area (TPSA) is 103 Å². The van der Waals surface area contributed by atoms with Crippen LogP contribution in [-0.2, 0) is 4.74 Å². The molecule has 2 rings (SSSR count). The SMILES string of the molecule is COC(=O)c1cc(-c2cc(C)[nH]c(=O)c2C#N)ccc1O. The first kappa shape index (κ1) is 14.3. The van der Waals surface area contributed by atoms with Gasteiger partial charge in [-0.2, -0.15) is 5.26 Å². The molecule has 0 aliphatic heterocycles. The third-order valence-corrected chi connectivity index (χ3v) is 2.99. The Labute approximate surface area is 120 Å². The number of nitriles is 1. The van der Waals surface area contributed by atoms with E-state index in [2.05, 4.69) is 9.72 Å². The van der Waals surface area contributed by atoms with E-state index < -0.39 is 11.5 Å². The van der Waals surface area contributed by atoms with Crippen molar-refractivity contribution in [2.24, 2.45) is 0 Å². The molecule has 6 nitrogen and oxygen atoms in total. The first-order valence-electron chi connectivity index (χ1n) is 6.03. The molecule has 6 heteroatoms. The normalized spacial score (nSPS) is 9.95. The maximum absolute atomic E-state index is 11.8. The number of H-pyrrole nitrogens is 1. The number of aromatic nitrogens is 1. The molecule has 0 saturated carbocycles. The lowest BCUT2D eigenvalue weighted by Crippen LogP contribution is -2.13. The molecule has 0 amide bonds. The third-order valence-electron chi connectivity index (χ3n) is 2.99. The number of phenols is 1. The van der Waals surface area contributed by atoms with E-state index in [9.17, 15) is 14.7 Å². The Hall–Kier alpha value is -3.07. The largest absolute Gasteiger partial charge is 0.507 e. The fourth-order valence-corrected chi connectivity index (χ4v) is 2.00. The number of phenolic OH excluding ortho intramolecular Hbond substituents is 1. The highest BCUT2D eigenvalue weighted by Crippen LogP contribution is 2.27. The molecule has 106 valence electrons. The van der Waals surface area contributed by atoms with Crippen LogP contribution in [0, 0.1) is 18.3 Å². The second kappa shape index (κ2) is 5.51. The molecule has 1 heterocycles. The predicted molar refractivity (Wildman–Crippen MR) is 75.0 cm³/mol. The highest BCUT2D eigenvalue weighted by molar-refractivity contribution is 5.94. The molecule has 0 radical (unpaired) electrons. The second-order valence-corrected chi connectivity index (χ2v) is 4.41. The molecule has 1 aromatic carbocycles. The molecule has 0 fully saturated rings. The summed E-state index contributed by atoms with van der Waals surface area (Å²) < 4.78 is 4.58. The van der Waals surface area contributed by atoms with Crippen molar-refractivity contribution < 1.29 is 14.6 Å². The number of methoxy groups -OCH3 is 1. The van der Waals surface area contributed by atoms with Gasteiger partial charge in [0.25, 0.3) is 5.56 Å². The molecule has 1 aromatic heterocycles. The summed E-state index contributed by atoms with van der Waals surface area (Å²) in [6, 6.07) is 7.71. The van der Waals surface area contributed by atoms with Crippen LogP contribution in [0.3, 0.4) is 0 Å². The van der Waals surface area contributed by atoms with Gasteiger partial charge >= 0.3 is 5.97 Å². The van der Waals surface area contributed by atoms with Crippen LogP contribution >= 0.6 is 0 Å². The number of carbonyl (C=O) groups is 1. The number of aromatic amines is 1. The lowest BCUT2D eigenvalue weighted by atomic mass is 9.99. The molecule has 2 N–H and O–H groups in total. The number of ether oxygens (including phenoxy) is 1. The fraction of sp³-hybridized carbons (Fsp3) is 0.133. The molecule has 2 aromatic rings. The lowest BCUT2D eigenvalue weighted by molar-refractivity contribution is 0.0597. The van der Waals surface area contributed by atoms with Crippen LogP contribution < -0.4 is 5.56 Å². The number of aryl methyl sites for hydroxylation is 1. The molecule has 0 bridgehead atoms. The van der Waals surface area contributed by atoms with Crippen molar-refractivity contribution in [3.8, 4) is 22.9 Å². The minimum absolute atomic E-state index is 0.0307. The number of hydrogen-bond donors (Lipinski definition) is 2. The van der Waals surface area contributed by atoms with Gasteiger partial charge in [0.15, 0.2) is 0 Å². The highest BCUT2D eigenvalue weighted by Gasteiger charge is 2.16. The van der Waals surface area contributed by atoms with E-state index in [1.807, 2.05) is 6.07 Å². The summed E-state index contributed by atoms with van der Waals surface area (Å²) in [5.74, 6) is -0.930. The first-order valence-corrected chi connectivity index (χ1v) is 6.03. The number of benzene rings is 1. The van der Waals surface area contributed by atoms with Gasteiger partial charge in [0.2, 0.25) is 0 Å². The summed E-state index contributed by atoms with van der Waals surface area (Å²) in [7, 11) is 1.20. The maximum atomic E-state index is 11.8. The Morgan fingerprint density at radius 3 is 2.71 bits per heavy atom. The van der Waals surface area contributed by atoms with Gasteiger partial charge in [-0.3, -0.25) is 4.79 Å². The summed E-state index contributed by atoms with van der Waals surface area (Å²) in [6.07, 6.45) is 0. The molecular weight excluding hydrogens is 272 g/mol. The van der Waals surface area contributed by atoms with Gasteiger partial charge in [-0.1, -0.05) is 6.07 Å². The van der Waals surface area contributed by atoms with Crippen molar-refractivity contribution in [3.05, 3.63) is 51.4 Å². The van der Waals surface area contributed by atoms with Gasteiger partial charge in [-0.25, -0.2) is 4.79 Å². The second-order valence-electron chi connectivity index (χ2n) is 4.41. The molecule has 0 aliphatic rings. The molecule has 0 spiro atoms. The zero-order chi connectivity index (χ0) is 15.6. The monoisotopic (exact) mass is 284 g/mol. The molecule has 0 atom stereocenters. The van der Waals surface area contributed by atoms with Crippen LogP contribution in [0.25, 0.3) is 11.1 Å². The van der Waals surface area contributed by atoms with Crippen LogP contribution in [-0.4, -0.2) is 23.2 Å². The Morgan fingerprint density at radius 2 is 2.10 bits per heavy atom. The minimum atomic E-state index is -0.700. The van der Waals surface area contributed by atoms with Crippen molar-refractivity contribution in [2.75, 3.05) is 7.11 Å². The Balaban J connectivity index is 2.72. The summed E-state index contributed by atoms with van der Waals surface area (Å²) in [5.41, 5.74) is 0.865. The van der Waals surface area contributed by atoms with Gasteiger partial charge in [0, 0.05) is 11.3 Å². The fourth-order valence-electron chi connectivity index (χ4n) is 2.00. The number of esters is 1. The molecule has 0 unspecified atom stereocenters. The highest BCUT2D eigenvalue weighted by atomic mass is 16.5. The number of nitrogens with one attached hydrogen (secondary N) is 1. The average molecular weight is 284 g/mol. The summed E-state index contributed by atoms with van der Waals surface area (Å²) in [6.45, 7) is 1.69. The van der Waals surface area contributed by atoms with Crippen molar-refractivity contribution in [1.29, 1.82) is 5.26 Å². The van der Waals surface area contributed by atoms with E-state index >= 15 is 0 Å². The van der Waals surface area contributed by atoms with Crippen LogP contribution in [0.15, 0.2) is 29.1 Å². The molecule has 0 aliphatic carbocycles. The summed E-state index contributed by atoms with van der Waals surface area (Å²) in [5, 5.41) is 18.8. The number of hydrogen-bond acceptors (Lipinski definition) is 5. The van der Waals surface area contributed by atoms with Crippen molar-refractivity contribution in [3.63, 3.8) is 0 Å². The van der Waals surface area contributed by atoms with E-state index in [1.54, 1.807) is 13.0 Å². The van der Waals surface area contributed by atoms with Gasteiger partial charge in [0.05, 0.1) is 7.11 Å². The van der Waals surface area contributed by atoms with Crippen molar-refractivity contribution in [1.82, 2.24) is 4.98 Å². The first-order chi connectivity index (χ1) is 9.97. The number of carbonyl (C=O) groups excluding carboxylic acids is 1. The average Bonchev–Trinajstić information content (AvgIpc) is 2.46.